The molecule has 0 aliphatic rings. The first-order valence-electron chi connectivity index (χ1n) is 9.33. The number of aliphatic imine (C=N–C) groups is 1. The fourth-order valence-electron chi connectivity index (χ4n) is 2.49. The number of thiazole rings is 1. The van der Waals surface area contributed by atoms with Crippen molar-refractivity contribution in [1.29, 1.82) is 0 Å². The Morgan fingerprint density at radius 2 is 1.97 bits per heavy atom. The number of nitrogens with one attached hydrogen (secondary N) is 2. The van der Waals surface area contributed by atoms with E-state index in [4.69, 9.17) is 9.47 Å². The van der Waals surface area contributed by atoms with Crippen LogP contribution in [0.5, 0.6) is 11.5 Å². The molecule has 1 heterocycles. The molecule has 6 nitrogen and oxygen atoms in total. The molecule has 0 spiro atoms. The predicted molar refractivity (Wildman–Crippen MR) is 112 cm³/mol. The van der Waals surface area contributed by atoms with E-state index in [-0.39, 0.29) is 23.5 Å². The second-order valence-electron chi connectivity index (χ2n) is 7.21. The summed E-state index contributed by atoms with van der Waals surface area (Å²) in [7, 11) is 1.64. The highest BCUT2D eigenvalue weighted by Crippen LogP contribution is 2.32. The molecule has 2 aromatic rings. The van der Waals surface area contributed by atoms with Crippen LogP contribution in [-0.4, -0.2) is 31.2 Å². The number of ether oxygens (including phenoxy) is 2. The van der Waals surface area contributed by atoms with Crippen molar-refractivity contribution in [2.75, 3.05) is 13.7 Å². The van der Waals surface area contributed by atoms with Crippen LogP contribution in [0.2, 0.25) is 0 Å². The van der Waals surface area contributed by atoms with E-state index in [0.717, 1.165) is 10.7 Å². The minimum Gasteiger partial charge on any atom is -0.490 e. The van der Waals surface area contributed by atoms with Crippen molar-refractivity contribution in [2.24, 2.45) is 4.99 Å². The summed E-state index contributed by atoms with van der Waals surface area (Å²) in [6, 6.07) is 5.05. The second kappa shape index (κ2) is 10.4. The van der Waals surface area contributed by atoms with Crippen molar-refractivity contribution in [3.05, 3.63) is 39.8 Å². The van der Waals surface area contributed by atoms with Crippen LogP contribution in [0, 0.1) is 0 Å². The van der Waals surface area contributed by atoms with Crippen molar-refractivity contribution in [3.8, 4) is 11.5 Å². The normalized spacial score (nSPS) is 12.2. The Bertz CT molecular complexity index is 819. The molecule has 0 saturated carbocycles. The molecule has 0 fully saturated rings. The Balaban J connectivity index is 2.02. The lowest BCUT2D eigenvalue weighted by Gasteiger charge is -2.17. The van der Waals surface area contributed by atoms with E-state index < -0.39 is 6.61 Å². The lowest BCUT2D eigenvalue weighted by molar-refractivity contribution is -0.0520. The van der Waals surface area contributed by atoms with Crippen LogP contribution in [0.15, 0.2) is 28.6 Å². The summed E-state index contributed by atoms with van der Waals surface area (Å²) in [5.41, 5.74) is 1.59. The maximum absolute atomic E-state index is 12.8. The van der Waals surface area contributed by atoms with Gasteiger partial charge in [-0.05, 0) is 13.0 Å². The number of halogens is 2. The Hall–Kier alpha value is -2.42. The van der Waals surface area contributed by atoms with E-state index in [2.05, 4.69) is 46.8 Å². The molecule has 0 saturated heterocycles. The average molecular weight is 427 g/mol. The summed E-state index contributed by atoms with van der Waals surface area (Å²) >= 11 is 1.58. The van der Waals surface area contributed by atoms with E-state index in [0.29, 0.717) is 24.7 Å². The van der Waals surface area contributed by atoms with Gasteiger partial charge in [-0.25, -0.2) is 4.98 Å². The average Bonchev–Trinajstić information content (AvgIpc) is 3.13. The molecule has 2 N–H and O–H groups in total. The van der Waals surface area contributed by atoms with Crippen molar-refractivity contribution < 1.29 is 18.3 Å². The zero-order valence-corrected chi connectivity index (χ0v) is 18.2. The van der Waals surface area contributed by atoms with Gasteiger partial charge in [0.2, 0.25) is 0 Å². The van der Waals surface area contributed by atoms with Crippen LogP contribution < -0.4 is 20.1 Å². The number of alkyl halides is 2. The zero-order valence-electron chi connectivity index (χ0n) is 17.4. The van der Waals surface area contributed by atoms with Crippen LogP contribution >= 0.6 is 11.3 Å². The molecular formula is C20H28F2N4O2S. The van der Waals surface area contributed by atoms with Crippen molar-refractivity contribution in [3.63, 3.8) is 0 Å². The third-order valence-corrected chi connectivity index (χ3v) is 4.81. The van der Waals surface area contributed by atoms with Gasteiger partial charge in [-0.15, -0.1) is 11.3 Å². The molecular weight excluding hydrogens is 398 g/mol. The summed E-state index contributed by atoms with van der Waals surface area (Å²) in [5, 5.41) is 9.30. The van der Waals surface area contributed by atoms with E-state index in [9.17, 15) is 8.78 Å². The highest BCUT2D eigenvalue weighted by molar-refractivity contribution is 7.09. The lowest BCUT2D eigenvalue weighted by atomic mass is 9.93. The molecule has 160 valence electrons. The number of rotatable bonds is 8. The van der Waals surface area contributed by atoms with Crippen LogP contribution in [0.1, 0.15) is 44.0 Å². The van der Waals surface area contributed by atoms with Crippen LogP contribution in [-0.2, 0) is 18.5 Å². The maximum atomic E-state index is 12.8. The largest absolute Gasteiger partial charge is 0.490 e. The van der Waals surface area contributed by atoms with Gasteiger partial charge in [0.25, 0.3) is 0 Å². The molecule has 0 radical (unpaired) electrons. The molecule has 0 atom stereocenters. The van der Waals surface area contributed by atoms with Gasteiger partial charge in [0, 0.05) is 30.0 Å². The molecule has 29 heavy (non-hydrogen) atoms. The third-order valence-electron chi connectivity index (χ3n) is 3.96. The Kier molecular flexibility index (Phi) is 8.19. The first-order chi connectivity index (χ1) is 13.7. The summed E-state index contributed by atoms with van der Waals surface area (Å²) < 4.78 is 35.8. The Labute approximate surface area is 174 Å². The van der Waals surface area contributed by atoms with Gasteiger partial charge >= 0.3 is 6.61 Å². The topological polar surface area (TPSA) is 67.8 Å². The monoisotopic (exact) mass is 426 g/mol. The SMILES string of the molecule is CCOc1cccc(CNC(=NC)NCc2nc(C(C)(C)C)cs2)c1OC(F)F. The smallest absolute Gasteiger partial charge is 0.387 e. The van der Waals surface area contributed by atoms with Crippen molar-refractivity contribution >= 4 is 17.3 Å². The van der Waals surface area contributed by atoms with Crippen molar-refractivity contribution in [2.45, 2.75) is 52.8 Å². The molecule has 0 amide bonds. The second-order valence-corrected chi connectivity index (χ2v) is 8.15. The van der Waals surface area contributed by atoms with Gasteiger partial charge < -0.3 is 20.1 Å². The van der Waals surface area contributed by atoms with Crippen LogP contribution in [0.4, 0.5) is 8.78 Å². The fraction of sp³-hybridized carbons (Fsp3) is 0.500. The number of benzene rings is 1. The number of hydrogen-bond donors (Lipinski definition) is 2. The maximum Gasteiger partial charge on any atom is 0.387 e. The highest BCUT2D eigenvalue weighted by atomic mass is 32.1. The van der Waals surface area contributed by atoms with Gasteiger partial charge in [0.05, 0.1) is 18.8 Å². The molecule has 9 heteroatoms. The number of guanidine groups is 1. The van der Waals surface area contributed by atoms with Crippen LogP contribution in [0.3, 0.4) is 0 Å². The first kappa shape index (κ1) is 22.9. The zero-order chi connectivity index (χ0) is 21.4. The van der Waals surface area contributed by atoms with Gasteiger partial charge in [0.1, 0.15) is 5.01 Å². The van der Waals surface area contributed by atoms with E-state index in [1.54, 1.807) is 43.5 Å². The predicted octanol–water partition coefficient (Wildman–Crippen LogP) is 4.31. The molecule has 0 bridgehead atoms. The minimum atomic E-state index is -2.94. The summed E-state index contributed by atoms with van der Waals surface area (Å²) in [6.07, 6.45) is 0. The standard InChI is InChI=1S/C20H28F2N4O2S/c1-6-27-14-9-7-8-13(17(14)28-18(21)22)10-24-19(23-5)25-11-16-26-15(12-29-16)20(2,3)4/h7-9,12,18H,6,10-11H2,1-5H3,(H2,23,24,25). The van der Waals surface area contributed by atoms with E-state index in [1.807, 2.05) is 0 Å². The lowest BCUT2D eigenvalue weighted by Crippen LogP contribution is -2.36. The highest BCUT2D eigenvalue weighted by Gasteiger charge is 2.18. The first-order valence-corrected chi connectivity index (χ1v) is 10.2. The number of nitrogens with zero attached hydrogens (tertiary/aromatic N) is 2. The van der Waals surface area contributed by atoms with Crippen molar-refractivity contribution in [1.82, 2.24) is 15.6 Å². The number of hydrogen-bond acceptors (Lipinski definition) is 5. The fourth-order valence-corrected chi connectivity index (χ4v) is 3.45. The number of para-hydroxylation sites is 1. The molecule has 0 aliphatic heterocycles. The quantitative estimate of drug-likeness (QED) is 0.486. The Morgan fingerprint density at radius 3 is 2.55 bits per heavy atom. The van der Waals surface area contributed by atoms with E-state index in [1.165, 1.54) is 0 Å². The van der Waals surface area contributed by atoms with Gasteiger partial charge in [-0.1, -0.05) is 32.9 Å². The molecule has 1 aromatic heterocycles. The minimum absolute atomic E-state index is 0.00134. The molecule has 1 aromatic carbocycles. The van der Waals surface area contributed by atoms with Crippen LogP contribution in [0.25, 0.3) is 0 Å². The summed E-state index contributed by atoms with van der Waals surface area (Å²) in [6.45, 7) is 6.32. The molecule has 0 unspecified atom stereocenters. The van der Waals surface area contributed by atoms with Gasteiger partial charge in [-0.3, -0.25) is 4.99 Å². The number of aromatic nitrogens is 1. The molecule has 2 rings (SSSR count). The van der Waals surface area contributed by atoms with Gasteiger partial charge in [0.15, 0.2) is 17.5 Å². The summed E-state index contributed by atoms with van der Waals surface area (Å²) in [4.78, 5) is 8.81. The molecule has 0 aliphatic carbocycles. The summed E-state index contributed by atoms with van der Waals surface area (Å²) in [5.74, 6) is 0.844. The Morgan fingerprint density at radius 1 is 1.24 bits per heavy atom. The van der Waals surface area contributed by atoms with E-state index >= 15 is 0 Å². The van der Waals surface area contributed by atoms with Gasteiger partial charge in [-0.2, -0.15) is 8.78 Å². The third kappa shape index (κ3) is 6.85.